The van der Waals surface area contributed by atoms with Crippen LogP contribution in [0.2, 0.25) is 0 Å². The molecule has 7 heteroatoms. The van der Waals surface area contributed by atoms with E-state index in [9.17, 15) is 0 Å². The highest BCUT2D eigenvalue weighted by molar-refractivity contribution is 5.65. The number of rotatable bonds is 5. The van der Waals surface area contributed by atoms with Gasteiger partial charge in [-0.05, 0) is 19.1 Å². The van der Waals surface area contributed by atoms with Gasteiger partial charge in [0.25, 0.3) is 0 Å². The molecule has 0 amide bonds. The fourth-order valence-electron chi connectivity index (χ4n) is 2.08. The first-order valence-electron chi connectivity index (χ1n) is 6.72. The maximum Gasteiger partial charge on any atom is 0.128 e. The monoisotopic (exact) mass is 284 g/mol. The second-order valence-corrected chi connectivity index (χ2v) is 4.53. The van der Waals surface area contributed by atoms with Crippen molar-refractivity contribution in [2.45, 2.75) is 20.0 Å². The Bertz CT molecular complexity index is 732. The van der Waals surface area contributed by atoms with Crippen molar-refractivity contribution < 1.29 is 4.74 Å². The number of aryl methyl sites for hydroxylation is 1. The van der Waals surface area contributed by atoms with Crippen LogP contribution in [0, 0.1) is 0 Å². The Kier molecular flexibility index (Phi) is 3.63. The number of benzene rings is 1. The van der Waals surface area contributed by atoms with Gasteiger partial charge in [0.2, 0.25) is 0 Å². The number of nitrogens with zero attached hydrogens (tertiary/aromatic N) is 6. The average Bonchev–Trinajstić information content (AvgIpc) is 3.17. The molecule has 3 aromatic rings. The zero-order chi connectivity index (χ0) is 14.7. The van der Waals surface area contributed by atoms with Gasteiger partial charge < -0.3 is 4.74 Å². The highest BCUT2D eigenvalue weighted by Crippen LogP contribution is 2.27. The van der Waals surface area contributed by atoms with Gasteiger partial charge in [0.15, 0.2) is 0 Å². The summed E-state index contributed by atoms with van der Waals surface area (Å²) in [5.41, 5.74) is 2.55. The summed E-state index contributed by atoms with van der Waals surface area (Å²) in [5, 5.41) is 16.8. The molecule has 0 fully saturated rings. The van der Waals surface area contributed by atoms with E-state index in [0.717, 1.165) is 29.2 Å². The minimum Gasteiger partial charge on any atom is -0.496 e. The molecule has 0 aliphatic rings. The van der Waals surface area contributed by atoms with Crippen molar-refractivity contribution in [3.05, 3.63) is 42.4 Å². The van der Waals surface area contributed by atoms with Gasteiger partial charge in [0.05, 0.1) is 32.6 Å². The Morgan fingerprint density at radius 1 is 1.24 bits per heavy atom. The lowest BCUT2D eigenvalue weighted by Gasteiger charge is -2.04. The third-order valence-electron chi connectivity index (χ3n) is 3.11. The smallest absolute Gasteiger partial charge is 0.128 e. The normalized spacial score (nSPS) is 10.8. The Hall–Kier alpha value is -2.70. The second kappa shape index (κ2) is 5.74. The molecule has 0 aliphatic heterocycles. The number of hydrogen-bond acceptors (Lipinski definition) is 5. The fourth-order valence-corrected chi connectivity index (χ4v) is 2.08. The van der Waals surface area contributed by atoms with Crippen LogP contribution in [0.3, 0.4) is 0 Å². The molecule has 21 heavy (non-hydrogen) atoms. The van der Waals surface area contributed by atoms with E-state index in [0.29, 0.717) is 6.54 Å². The topological polar surface area (TPSA) is 70.7 Å². The number of para-hydroxylation sites is 1. The van der Waals surface area contributed by atoms with Crippen molar-refractivity contribution in [2.24, 2.45) is 0 Å². The molecule has 0 spiro atoms. The third-order valence-corrected chi connectivity index (χ3v) is 3.11. The van der Waals surface area contributed by atoms with Crippen molar-refractivity contribution in [3.63, 3.8) is 0 Å². The highest BCUT2D eigenvalue weighted by atomic mass is 16.5. The van der Waals surface area contributed by atoms with Crippen LogP contribution >= 0.6 is 0 Å². The number of aromatic nitrogens is 6. The van der Waals surface area contributed by atoms with E-state index < -0.39 is 0 Å². The minimum atomic E-state index is 0.544. The van der Waals surface area contributed by atoms with Gasteiger partial charge in [-0.2, -0.15) is 15.0 Å². The Morgan fingerprint density at radius 3 is 2.86 bits per heavy atom. The lowest BCUT2D eigenvalue weighted by atomic mass is 10.1. The molecule has 2 heterocycles. The van der Waals surface area contributed by atoms with Crippen molar-refractivity contribution in [1.82, 2.24) is 30.0 Å². The predicted octanol–water partition coefficient (Wildman–Crippen LogP) is 1.61. The Morgan fingerprint density at radius 2 is 2.10 bits per heavy atom. The first-order chi connectivity index (χ1) is 10.3. The summed E-state index contributed by atoms with van der Waals surface area (Å²) in [6, 6.07) is 7.74. The number of ether oxygens (including phenoxy) is 1. The summed E-state index contributed by atoms with van der Waals surface area (Å²) >= 11 is 0. The van der Waals surface area contributed by atoms with Crippen LogP contribution in [0.25, 0.3) is 11.3 Å². The summed E-state index contributed by atoms with van der Waals surface area (Å²) in [7, 11) is 1.65. The molecule has 0 unspecified atom stereocenters. The zero-order valence-corrected chi connectivity index (χ0v) is 12.0. The van der Waals surface area contributed by atoms with E-state index in [-0.39, 0.29) is 0 Å². The third kappa shape index (κ3) is 2.76. The fraction of sp³-hybridized carbons (Fsp3) is 0.286. The van der Waals surface area contributed by atoms with Gasteiger partial charge in [0.1, 0.15) is 17.1 Å². The minimum absolute atomic E-state index is 0.544. The molecule has 0 radical (unpaired) electrons. The van der Waals surface area contributed by atoms with Crippen LogP contribution in [-0.2, 0) is 13.1 Å². The molecular formula is C14H16N6O. The quantitative estimate of drug-likeness (QED) is 0.712. The second-order valence-electron chi connectivity index (χ2n) is 4.53. The molecule has 2 aromatic heterocycles. The largest absolute Gasteiger partial charge is 0.496 e. The maximum atomic E-state index is 5.34. The number of methoxy groups -OCH3 is 1. The maximum absolute atomic E-state index is 5.34. The molecule has 0 atom stereocenters. The van der Waals surface area contributed by atoms with Crippen LogP contribution in [0.1, 0.15) is 12.6 Å². The predicted molar refractivity (Wildman–Crippen MR) is 76.8 cm³/mol. The first kappa shape index (κ1) is 13.3. The Labute approximate surface area is 122 Å². The first-order valence-corrected chi connectivity index (χ1v) is 6.72. The van der Waals surface area contributed by atoms with Gasteiger partial charge in [-0.1, -0.05) is 17.3 Å². The van der Waals surface area contributed by atoms with Crippen LogP contribution in [0.15, 0.2) is 36.7 Å². The summed E-state index contributed by atoms with van der Waals surface area (Å²) in [5.74, 6) is 0.779. The standard InChI is InChI=1S/C14H16N6O/c1-3-20-15-8-11(17-20)9-19-10-13(16-18-19)12-6-4-5-7-14(12)21-2/h4-8,10H,3,9H2,1-2H3. The SMILES string of the molecule is CCn1ncc(Cn2cc(-c3ccccc3OC)nn2)n1. The van der Waals surface area contributed by atoms with E-state index in [1.54, 1.807) is 22.8 Å². The molecule has 0 aliphatic carbocycles. The van der Waals surface area contributed by atoms with Crippen molar-refractivity contribution in [2.75, 3.05) is 7.11 Å². The van der Waals surface area contributed by atoms with Gasteiger partial charge in [0, 0.05) is 5.56 Å². The molecule has 108 valence electrons. The summed E-state index contributed by atoms with van der Waals surface area (Å²) in [4.78, 5) is 1.65. The lowest BCUT2D eigenvalue weighted by Crippen LogP contribution is -2.03. The van der Waals surface area contributed by atoms with Crippen molar-refractivity contribution >= 4 is 0 Å². The lowest BCUT2D eigenvalue weighted by molar-refractivity contribution is 0.416. The van der Waals surface area contributed by atoms with E-state index >= 15 is 0 Å². The van der Waals surface area contributed by atoms with Gasteiger partial charge >= 0.3 is 0 Å². The zero-order valence-electron chi connectivity index (χ0n) is 12.0. The van der Waals surface area contributed by atoms with Gasteiger partial charge in [-0.3, -0.25) is 0 Å². The molecule has 0 saturated carbocycles. The molecule has 0 N–H and O–H groups in total. The molecule has 0 saturated heterocycles. The van der Waals surface area contributed by atoms with Gasteiger partial charge in [-0.25, -0.2) is 4.68 Å². The van der Waals surface area contributed by atoms with Crippen LogP contribution < -0.4 is 4.74 Å². The van der Waals surface area contributed by atoms with E-state index in [2.05, 4.69) is 20.5 Å². The molecule has 7 nitrogen and oxygen atoms in total. The molecule has 0 bridgehead atoms. The van der Waals surface area contributed by atoms with Crippen molar-refractivity contribution in [3.8, 4) is 17.0 Å². The average molecular weight is 284 g/mol. The Balaban J connectivity index is 1.83. The van der Waals surface area contributed by atoms with Crippen LogP contribution in [-0.4, -0.2) is 37.1 Å². The van der Waals surface area contributed by atoms with E-state index in [1.807, 2.05) is 37.4 Å². The van der Waals surface area contributed by atoms with Crippen molar-refractivity contribution in [1.29, 1.82) is 0 Å². The highest BCUT2D eigenvalue weighted by Gasteiger charge is 2.10. The summed E-state index contributed by atoms with van der Waals surface area (Å²) in [6.45, 7) is 3.30. The van der Waals surface area contributed by atoms with E-state index in [1.165, 1.54) is 0 Å². The number of hydrogen-bond donors (Lipinski definition) is 0. The molecule has 3 rings (SSSR count). The summed E-state index contributed by atoms with van der Waals surface area (Å²) in [6.07, 6.45) is 3.62. The summed E-state index contributed by atoms with van der Waals surface area (Å²) < 4.78 is 7.08. The molecule has 1 aromatic carbocycles. The molecular weight excluding hydrogens is 268 g/mol. The van der Waals surface area contributed by atoms with Gasteiger partial charge in [-0.15, -0.1) is 5.10 Å². The van der Waals surface area contributed by atoms with Crippen LogP contribution in [0.4, 0.5) is 0 Å². The van der Waals surface area contributed by atoms with E-state index in [4.69, 9.17) is 4.74 Å². The van der Waals surface area contributed by atoms with Crippen LogP contribution in [0.5, 0.6) is 5.75 Å².